The largest absolute Gasteiger partial charge is 1.00 e. The van der Waals surface area contributed by atoms with Gasteiger partial charge < -0.3 is 14.9 Å². The SMILES string of the molecule is [Na+].[O-]C(CO)Oc1ccccc1. The molecule has 1 rings (SSSR count). The summed E-state index contributed by atoms with van der Waals surface area (Å²) in [6.45, 7) is -0.505. The van der Waals surface area contributed by atoms with Gasteiger partial charge in [-0.1, -0.05) is 18.2 Å². The molecule has 0 aliphatic carbocycles. The van der Waals surface area contributed by atoms with E-state index in [0.29, 0.717) is 5.75 Å². The Kier molecular flexibility index (Phi) is 6.42. The average Bonchev–Trinajstić information content (AvgIpc) is 2.06. The molecule has 4 heteroatoms. The molecule has 0 aliphatic rings. The molecule has 12 heavy (non-hydrogen) atoms. The first-order valence-electron chi connectivity index (χ1n) is 3.31. The molecule has 1 aromatic rings. The molecule has 1 atom stereocenters. The van der Waals surface area contributed by atoms with Gasteiger partial charge in [0.05, 0.1) is 12.9 Å². The van der Waals surface area contributed by atoms with Crippen molar-refractivity contribution in [3.63, 3.8) is 0 Å². The molecule has 1 N–H and O–H groups in total. The maximum Gasteiger partial charge on any atom is 1.00 e. The Morgan fingerprint density at radius 3 is 2.42 bits per heavy atom. The first-order valence-corrected chi connectivity index (χ1v) is 3.31. The van der Waals surface area contributed by atoms with E-state index in [2.05, 4.69) is 0 Å². The molecule has 60 valence electrons. The Bertz CT molecular complexity index is 203. The van der Waals surface area contributed by atoms with Gasteiger partial charge in [-0.3, -0.25) is 0 Å². The van der Waals surface area contributed by atoms with Gasteiger partial charge in [-0.25, -0.2) is 0 Å². The first kappa shape index (κ1) is 11.9. The van der Waals surface area contributed by atoms with Crippen LogP contribution in [0, 0.1) is 0 Å². The Hall–Kier alpha value is -0.0600. The third-order valence-corrected chi connectivity index (χ3v) is 1.16. The number of benzene rings is 1. The Morgan fingerprint density at radius 2 is 1.92 bits per heavy atom. The van der Waals surface area contributed by atoms with Gasteiger partial charge in [0.15, 0.2) is 0 Å². The summed E-state index contributed by atoms with van der Waals surface area (Å²) in [5.74, 6) is 0.488. The fraction of sp³-hybridized carbons (Fsp3) is 0.250. The summed E-state index contributed by atoms with van der Waals surface area (Å²) < 4.78 is 4.76. The standard InChI is InChI=1S/C8H9O3.Na/c9-6-8(10)11-7-4-2-1-3-5-7;/h1-5,8-9H,6H2;/q-1;+1. The minimum Gasteiger partial charge on any atom is -0.820 e. The van der Waals surface area contributed by atoms with Crippen LogP contribution in [0.4, 0.5) is 0 Å². The number of hydrogen-bond acceptors (Lipinski definition) is 3. The maximum atomic E-state index is 10.6. The predicted octanol–water partition coefficient (Wildman–Crippen LogP) is -3.25. The van der Waals surface area contributed by atoms with Gasteiger partial charge in [0.25, 0.3) is 0 Å². The first-order chi connectivity index (χ1) is 5.33. The molecule has 0 saturated heterocycles. The van der Waals surface area contributed by atoms with Gasteiger partial charge in [0.2, 0.25) is 0 Å². The second-order valence-electron chi connectivity index (χ2n) is 2.04. The molecule has 0 fully saturated rings. The Morgan fingerprint density at radius 1 is 1.33 bits per heavy atom. The van der Waals surface area contributed by atoms with Gasteiger partial charge in [-0.15, -0.1) is 0 Å². The second-order valence-corrected chi connectivity index (χ2v) is 2.04. The summed E-state index contributed by atoms with van der Waals surface area (Å²) in [7, 11) is 0. The molecular weight excluding hydrogens is 167 g/mol. The van der Waals surface area contributed by atoms with Crippen LogP contribution in [0.2, 0.25) is 0 Å². The third kappa shape index (κ3) is 4.09. The van der Waals surface area contributed by atoms with E-state index in [1.807, 2.05) is 6.07 Å². The van der Waals surface area contributed by atoms with Crippen molar-refractivity contribution in [2.45, 2.75) is 6.29 Å². The van der Waals surface area contributed by atoms with Crippen LogP contribution in [0.5, 0.6) is 5.75 Å². The van der Waals surface area contributed by atoms with Crippen molar-refractivity contribution in [1.82, 2.24) is 0 Å². The van der Waals surface area contributed by atoms with E-state index >= 15 is 0 Å². The van der Waals surface area contributed by atoms with Crippen LogP contribution in [0.3, 0.4) is 0 Å². The molecule has 0 aliphatic heterocycles. The molecule has 0 saturated carbocycles. The molecular formula is C8H9NaO3. The van der Waals surface area contributed by atoms with E-state index in [1.165, 1.54) is 0 Å². The van der Waals surface area contributed by atoms with Crippen molar-refractivity contribution in [3.05, 3.63) is 30.3 Å². The summed E-state index contributed by atoms with van der Waals surface area (Å²) in [5.41, 5.74) is 0. The summed E-state index contributed by atoms with van der Waals surface area (Å²) in [4.78, 5) is 0. The van der Waals surface area contributed by atoms with Crippen molar-refractivity contribution in [3.8, 4) is 5.75 Å². The quantitative estimate of drug-likeness (QED) is 0.389. The zero-order valence-electron chi connectivity index (χ0n) is 6.93. The van der Waals surface area contributed by atoms with Crippen LogP contribution >= 0.6 is 0 Å². The van der Waals surface area contributed by atoms with E-state index in [9.17, 15) is 5.11 Å². The second kappa shape index (κ2) is 6.46. The van der Waals surface area contributed by atoms with Crippen LogP contribution in [0.1, 0.15) is 0 Å². The summed E-state index contributed by atoms with van der Waals surface area (Å²) in [6.07, 6.45) is -1.38. The molecule has 0 heterocycles. The number of para-hydroxylation sites is 1. The van der Waals surface area contributed by atoms with Gasteiger partial charge in [0.1, 0.15) is 5.75 Å². The van der Waals surface area contributed by atoms with Crippen LogP contribution < -0.4 is 39.4 Å². The minimum absolute atomic E-state index is 0. The number of aliphatic hydroxyl groups excluding tert-OH is 1. The van der Waals surface area contributed by atoms with Crippen LogP contribution in [0.25, 0.3) is 0 Å². The van der Waals surface area contributed by atoms with Crippen molar-refractivity contribution < 1.29 is 44.5 Å². The fourth-order valence-corrected chi connectivity index (χ4v) is 0.688. The maximum absolute atomic E-state index is 10.6. The molecule has 3 nitrogen and oxygen atoms in total. The van der Waals surface area contributed by atoms with E-state index in [-0.39, 0.29) is 29.6 Å². The van der Waals surface area contributed by atoms with Crippen molar-refractivity contribution in [2.75, 3.05) is 6.61 Å². The van der Waals surface area contributed by atoms with Crippen molar-refractivity contribution >= 4 is 0 Å². The number of hydrogen-bond donors (Lipinski definition) is 1. The normalized spacial score (nSPS) is 11.5. The smallest absolute Gasteiger partial charge is 0.820 e. The summed E-state index contributed by atoms with van der Waals surface area (Å²) in [6, 6.07) is 8.69. The van der Waals surface area contributed by atoms with Gasteiger partial charge in [-0.2, -0.15) is 0 Å². The molecule has 1 unspecified atom stereocenters. The third-order valence-electron chi connectivity index (χ3n) is 1.16. The Labute approximate surface area is 93.3 Å². The van der Waals surface area contributed by atoms with Gasteiger partial charge in [-0.05, 0) is 12.1 Å². The number of ether oxygens (including phenoxy) is 1. The summed E-state index contributed by atoms with van der Waals surface area (Å²) >= 11 is 0. The summed E-state index contributed by atoms with van der Waals surface area (Å²) in [5, 5.41) is 19.0. The van der Waals surface area contributed by atoms with E-state index in [1.54, 1.807) is 24.3 Å². The van der Waals surface area contributed by atoms with E-state index in [0.717, 1.165) is 0 Å². The fourth-order valence-electron chi connectivity index (χ4n) is 0.688. The van der Waals surface area contributed by atoms with Crippen LogP contribution in [-0.4, -0.2) is 18.0 Å². The molecule has 0 bridgehead atoms. The zero-order chi connectivity index (χ0) is 8.10. The van der Waals surface area contributed by atoms with Gasteiger partial charge in [0, 0.05) is 0 Å². The van der Waals surface area contributed by atoms with E-state index in [4.69, 9.17) is 9.84 Å². The number of rotatable bonds is 3. The van der Waals surface area contributed by atoms with Crippen LogP contribution in [-0.2, 0) is 0 Å². The minimum atomic E-state index is -1.38. The van der Waals surface area contributed by atoms with Crippen LogP contribution in [0.15, 0.2) is 30.3 Å². The van der Waals surface area contributed by atoms with Crippen molar-refractivity contribution in [2.24, 2.45) is 0 Å². The number of aliphatic hydroxyl groups is 1. The van der Waals surface area contributed by atoms with Crippen molar-refractivity contribution in [1.29, 1.82) is 0 Å². The average molecular weight is 176 g/mol. The zero-order valence-corrected chi connectivity index (χ0v) is 8.93. The monoisotopic (exact) mass is 176 g/mol. The molecule has 0 amide bonds. The Balaban J connectivity index is 0.00000121. The van der Waals surface area contributed by atoms with Gasteiger partial charge >= 0.3 is 29.6 Å². The molecule has 0 aromatic heterocycles. The molecule has 0 radical (unpaired) electrons. The van der Waals surface area contributed by atoms with E-state index < -0.39 is 12.9 Å². The molecule has 1 aromatic carbocycles. The predicted molar refractivity (Wildman–Crippen MR) is 37.9 cm³/mol. The molecule has 0 spiro atoms. The topological polar surface area (TPSA) is 52.5 Å².